The molecule has 0 saturated heterocycles. The minimum Gasteiger partial charge on any atom is -0.380 e. The Labute approximate surface area is 108 Å². The van der Waals surface area contributed by atoms with Gasteiger partial charge in [0, 0.05) is 21.7 Å². The van der Waals surface area contributed by atoms with Crippen molar-refractivity contribution in [1.29, 1.82) is 0 Å². The zero-order valence-electron chi connectivity index (χ0n) is 8.74. The molecule has 0 aliphatic carbocycles. The van der Waals surface area contributed by atoms with Crippen molar-refractivity contribution >= 4 is 40.4 Å². The Hall–Kier alpha value is -0.710. The number of thiazole rings is 1. The number of nitrogens with one attached hydrogen (secondary N) is 1. The molecule has 1 aromatic carbocycles. The van der Waals surface area contributed by atoms with Crippen molar-refractivity contribution in [3.05, 3.63) is 39.8 Å². The third kappa shape index (κ3) is 2.90. The Morgan fingerprint density at radius 3 is 3.00 bits per heavy atom. The summed E-state index contributed by atoms with van der Waals surface area (Å²) in [6.07, 6.45) is 3.89. The molecule has 0 radical (unpaired) electrons. The standard InChI is InChI=1S/C11H11ClN2S2/c1-15-11-3-2-8(4-10(11)12)14-6-9-5-13-7-16-9/h2-5,7,14H,6H2,1H3. The Bertz CT molecular complexity index is 457. The molecule has 1 aromatic heterocycles. The average Bonchev–Trinajstić information content (AvgIpc) is 2.79. The van der Waals surface area contributed by atoms with Gasteiger partial charge in [0.25, 0.3) is 0 Å². The van der Waals surface area contributed by atoms with Crippen LogP contribution in [0, 0.1) is 0 Å². The second kappa shape index (κ2) is 5.57. The first kappa shape index (κ1) is 11.8. The summed E-state index contributed by atoms with van der Waals surface area (Å²) in [7, 11) is 0. The van der Waals surface area contributed by atoms with Crippen LogP contribution in [-0.4, -0.2) is 11.2 Å². The molecule has 0 saturated carbocycles. The summed E-state index contributed by atoms with van der Waals surface area (Å²) < 4.78 is 0. The monoisotopic (exact) mass is 270 g/mol. The van der Waals surface area contributed by atoms with E-state index in [1.807, 2.05) is 36.2 Å². The molecule has 0 bridgehead atoms. The predicted octanol–water partition coefficient (Wildman–Crippen LogP) is 4.13. The molecule has 0 spiro atoms. The van der Waals surface area contributed by atoms with E-state index >= 15 is 0 Å². The molecular weight excluding hydrogens is 260 g/mol. The molecule has 0 atom stereocenters. The van der Waals surface area contributed by atoms with Gasteiger partial charge in [0.2, 0.25) is 0 Å². The molecule has 1 N–H and O–H groups in total. The van der Waals surface area contributed by atoms with Crippen LogP contribution in [0.25, 0.3) is 0 Å². The van der Waals surface area contributed by atoms with Crippen LogP contribution < -0.4 is 5.32 Å². The van der Waals surface area contributed by atoms with E-state index in [4.69, 9.17) is 11.6 Å². The van der Waals surface area contributed by atoms with Crippen molar-refractivity contribution < 1.29 is 0 Å². The zero-order chi connectivity index (χ0) is 11.4. The second-order valence-electron chi connectivity index (χ2n) is 3.17. The lowest BCUT2D eigenvalue weighted by molar-refractivity contribution is 1.17. The van der Waals surface area contributed by atoms with Gasteiger partial charge in [-0.15, -0.1) is 23.1 Å². The summed E-state index contributed by atoms with van der Waals surface area (Å²) in [4.78, 5) is 6.34. The van der Waals surface area contributed by atoms with Gasteiger partial charge < -0.3 is 5.32 Å². The van der Waals surface area contributed by atoms with Crippen LogP contribution in [0.3, 0.4) is 0 Å². The first-order chi connectivity index (χ1) is 7.79. The third-order valence-corrected chi connectivity index (χ3v) is 4.10. The highest BCUT2D eigenvalue weighted by Gasteiger charge is 2.01. The molecule has 2 aromatic rings. The molecule has 0 unspecified atom stereocenters. The molecule has 84 valence electrons. The number of aromatic nitrogens is 1. The highest BCUT2D eigenvalue weighted by molar-refractivity contribution is 7.98. The van der Waals surface area contributed by atoms with Crippen LogP contribution in [0.1, 0.15) is 4.88 Å². The fraction of sp³-hybridized carbons (Fsp3) is 0.182. The quantitative estimate of drug-likeness (QED) is 0.846. The van der Waals surface area contributed by atoms with E-state index in [0.29, 0.717) is 0 Å². The maximum Gasteiger partial charge on any atom is 0.0794 e. The number of thioether (sulfide) groups is 1. The Morgan fingerprint density at radius 1 is 1.50 bits per heavy atom. The normalized spacial score (nSPS) is 10.4. The van der Waals surface area contributed by atoms with E-state index in [2.05, 4.69) is 10.3 Å². The van der Waals surface area contributed by atoms with Crippen LogP contribution in [0.5, 0.6) is 0 Å². The number of rotatable bonds is 4. The second-order valence-corrected chi connectivity index (χ2v) is 5.40. The van der Waals surface area contributed by atoms with Gasteiger partial charge in [-0.05, 0) is 24.5 Å². The summed E-state index contributed by atoms with van der Waals surface area (Å²) in [5.41, 5.74) is 2.87. The van der Waals surface area contributed by atoms with Gasteiger partial charge in [0.05, 0.1) is 17.1 Å². The molecule has 5 heteroatoms. The predicted molar refractivity (Wildman–Crippen MR) is 72.7 cm³/mol. The van der Waals surface area contributed by atoms with Crippen molar-refractivity contribution in [3.63, 3.8) is 0 Å². The van der Waals surface area contributed by atoms with E-state index in [1.54, 1.807) is 23.1 Å². The van der Waals surface area contributed by atoms with Gasteiger partial charge in [-0.1, -0.05) is 11.6 Å². The summed E-state index contributed by atoms with van der Waals surface area (Å²) in [5, 5.41) is 4.11. The van der Waals surface area contributed by atoms with E-state index in [-0.39, 0.29) is 0 Å². The lowest BCUT2D eigenvalue weighted by Gasteiger charge is -2.07. The summed E-state index contributed by atoms with van der Waals surface area (Å²) in [5.74, 6) is 0. The number of hydrogen-bond acceptors (Lipinski definition) is 4. The zero-order valence-corrected chi connectivity index (χ0v) is 11.1. The van der Waals surface area contributed by atoms with E-state index in [0.717, 1.165) is 22.2 Å². The topological polar surface area (TPSA) is 24.9 Å². The van der Waals surface area contributed by atoms with Crippen LogP contribution in [0.4, 0.5) is 5.69 Å². The van der Waals surface area contributed by atoms with Gasteiger partial charge in [-0.25, -0.2) is 0 Å². The summed E-state index contributed by atoms with van der Waals surface area (Å²) in [6, 6.07) is 6.02. The van der Waals surface area contributed by atoms with Crippen molar-refractivity contribution in [2.24, 2.45) is 0 Å². The van der Waals surface area contributed by atoms with Crippen LogP contribution in [0.2, 0.25) is 5.02 Å². The molecule has 0 amide bonds. The highest BCUT2D eigenvalue weighted by Crippen LogP contribution is 2.28. The third-order valence-electron chi connectivity index (χ3n) is 2.10. The fourth-order valence-corrected chi connectivity index (χ4v) is 2.70. The lowest BCUT2D eigenvalue weighted by Crippen LogP contribution is -1.97. The minimum atomic E-state index is 0.791. The van der Waals surface area contributed by atoms with Gasteiger partial charge in [0.1, 0.15) is 0 Å². The van der Waals surface area contributed by atoms with Crippen LogP contribution >= 0.6 is 34.7 Å². The molecular formula is C11H11ClN2S2. The first-order valence-corrected chi connectivity index (χ1v) is 7.22. The van der Waals surface area contributed by atoms with E-state index < -0.39 is 0 Å². The number of hydrogen-bond donors (Lipinski definition) is 1. The number of benzene rings is 1. The van der Waals surface area contributed by atoms with Gasteiger partial charge >= 0.3 is 0 Å². The van der Waals surface area contributed by atoms with E-state index in [9.17, 15) is 0 Å². The van der Waals surface area contributed by atoms with Gasteiger partial charge in [0.15, 0.2) is 0 Å². The molecule has 0 aliphatic rings. The van der Waals surface area contributed by atoms with Crippen molar-refractivity contribution in [3.8, 4) is 0 Å². The molecule has 2 nitrogen and oxygen atoms in total. The maximum absolute atomic E-state index is 6.12. The number of nitrogens with zero attached hydrogens (tertiary/aromatic N) is 1. The largest absolute Gasteiger partial charge is 0.380 e. The summed E-state index contributed by atoms with van der Waals surface area (Å²) >= 11 is 9.42. The number of anilines is 1. The molecule has 2 rings (SSSR count). The van der Waals surface area contributed by atoms with Crippen molar-refractivity contribution in [2.45, 2.75) is 11.4 Å². The van der Waals surface area contributed by atoms with Gasteiger partial charge in [-0.3, -0.25) is 4.98 Å². The smallest absolute Gasteiger partial charge is 0.0794 e. The maximum atomic E-state index is 6.12. The molecule has 1 heterocycles. The van der Waals surface area contributed by atoms with Crippen LogP contribution in [-0.2, 0) is 6.54 Å². The highest BCUT2D eigenvalue weighted by atomic mass is 35.5. The van der Waals surface area contributed by atoms with Gasteiger partial charge in [-0.2, -0.15) is 0 Å². The van der Waals surface area contributed by atoms with Crippen molar-refractivity contribution in [2.75, 3.05) is 11.6 Å². The van der Waals surface area contributed by atoms with Crippen molar-refractivity contribution in [1.82, 2.24) is 4.98 Å². The fourth-order valence-electron chi connectivity index (χ4n) is 1.29. The molecule has 16 heavy (non-hydrogen) atoms. The lowest BCUT2D eigenvalue weighted by atomic mass is 10.3. The van der Waals surface area contributed by atoms with Crippen LogP contribution in [0.15, 0.2) is 34.8 Å². The average molecular weight is 271 g/mol. The molecule has 0 aliphatic heterocycles. The summed E-state index contributed by atoms with van der Waals surface area (Å²) in [6.45, 7) is 0.791. The minimum absolute atomic E-state index is 0.791. The molecule has 0 fully saturated rings. The SMILES string of the molecule is CSc1ccc(NCc2cncs2)cc1Cl. The Balaban J connectivity index is 2.02. The Morgan fingerprint density at radius 2 is 2.38 bits per heavy atom. The number of halogens is 1. The first-order valence-electron chi connectivity index (χ1n) is 4.74. The van der Waals surface area contributed by atoms with E-state index in [1.165, 1.54) is 4.88 Å². The Kier molecular flexibility index (Phi) is 4.09.